The molecular weight excluding hydrogens is 495 g/mol. The normalized spacial score (nSPS) is 14.5. The van der Waals surface area contributed by atoms with Gasteiger partial charge in [0, 0.05) is 55.6 Å². The topological polar surface area (TPSA) is 82.6 Å². The Hall–Kier alpha value is -2.80. The van der Waals surface area contributed by atoms with E-state index in [2.05, 4.69) is 43.5 Å². The van der Waals surface area contributed by atoms with Gasteiger partial charge < -0.3 is 29.7 Å². The van der Waals surface area contributed by atoms with Crippen molar-refractivity contribution in [2.75, 3.05) is 68.2 Å². The van der Waals surface area contributed by atoms with Gasteiger partial charge in [-0.2, -0.15) is 4.98 Å². The standard InChI is InChI=1S/C26H34ClN6O2P/c1-5-36(34,6-2)24-10-8-7-9-22(24)29-25-20(27)18-28-26(31-25)30-21-12-11-19(17-23(21)35-4)33-15-13-32(3)14-16-33/h7-12,17-18H,5-6,13-16H2,1-4H3,(H2,28,29,30,31). The first kappa shape index (κ1) is 26.3. The number of piperazine rings is 1. The van der Waals surface area contributed by atoms with Crippen LogP contribution in [0.2, 0.25) is 5.02 Å². The Morgan fingerprint density at radius 1 is 1.03 bits per heavy atom. The van der Waals surface area contributed by atoms with E-state index in [9.17, 15) is 4.57 Å². The molecule has 192 valence electrons. The molecule has 1 aliphatic heterocycles. The molecule has 0 saturated carbocycles. The van der Waals surface area contributed by atoms with Crippen LogP contribution in [-0.4, -0.2) is 67.5 Å². The molecule has 1 saturated heterocycles. The first-order valence-electron chi connectivity index (χ1n) is 12.2. The van der Waals surface area contributed by atoms with Crippen LogP contribution in [0.25, 0.3) is 0 Å². The van der Waals surface area contributed by atoms with Crippen LogP contribution in [0.15, 0.2) is 48.7 Å². The molecular formula is C26H34ClN6O2P. The van der Waals surface area contributed by atoms with Gasteiger partial charge in [-0.05, 0) is 31.3 Å². The number of para-hydroxylation sites is 1. The van der Waals surface area contributed by atoms with Gasteiger partial charge in [-0.1, -0.05) is 37.6 Å². The van der Waals surface area contributed by atoms with Crippen molar-refractivity contribution in [2.24, 2.45) is 0 Å². The summed E-state index contributed by atoms with van der Waals surface area (Å²) < 4.78 is 19.1. The Kier molecular flexibility index (Phi) is 8.39. The zero-order chi connectivity index (χ0) is 25.7. The number of likely N-dealkylation sites (N-methyl/N-ethyl adjacent to an activating group) is 1. The van der Waals surface area contributed by atoms with Crippen LogP contribution >= 0.6 is 18.7 Å². The summed E-state index contributed by atoms with van der Waals surface area (Å²) in [4.78, 5) is 13.6. The van der Waals surface area contributed by atoms with Crippen LogP contribution in [-0.2, 0) is 4.57 Å². The molecule has 1 aliphatic rings. The van der Waals surface area contributed by atoms with E-state index in [4.69, 9.17) is 16.3 Å². The number of ether oxygens (including phenoxy) is 1. The molecule has 0 atom stereocenters. The molecule has 4 rings (SSSR count). The number of methoxy groups -OCH3 is 1. The first-order valence-corrected chi connectivity index (χ1v) is 14.7. The fourth-order valence-electron chi connectivity index (χ4n) is 4.31. The average molecular weight is 529 g/mol. The summed E-state index contributed by atoms with van der Waals surface area (Å²) >= 11 is 6.44. The van der Waals surface area contributed by atoms with E-state index in [0.717, 1.165) is 48.5 Å². The molecule has 0 amide bonds. The smallest absolute Gasteiger partial charge is 0.229 e. The number of halogens is 1. The third kappa shape index (κ3) is 5.77. The van der Waals surface area contributed by atoms with Gasteiger partial charge in [0.05, 0.1) is 24.7 Å². The van der Waals surface area contributed by atoms with E-state index in [-0.39, 0.29) is 0 Å². The number of hydrogen-bond donors (Lipinski definition) is 2. The van der Waals surface area contributed by atoms with Gasteiger partial charge in [-0.15, -0.1) is 0 Å². The molecule has 0 spiro atoms. The maximum atomic E-state index is 13.4. The highest BCUT2D eigenvalue weighted by molar-refractivity contribution is 7.71. The van der Waals surface area contributed by atoms with E-state index in [1.165, 1.54) is 0 Å². The lowest BCUT2D eigenvalue weighted by Crippen LogP contribution is -2.44. The fraction of sp³-hybridized carbons (Fsp3) is 0.385. The fourth-order valence-corrected chi connectivity index (χ4v) is 6.50. The Balaban J connectivity index is 1.57. The van der Waals surface area contributed by atoms with Crippen molar-refractivity contribution in [1.29, 1.82) is 0 Å². The maximum absolute atomic E-state index is 13.4. The Morgan fingerprint density at radius 3 is 2.44 bits per heavy atom. The van der Waals surface area contributed by atoms with Crippen molar-refractivity contribution in [3.8, 4) is 5.75 Å². The minimum Gasteiger partial charge on any atom is -0.494 e. The Bertz CT molecular complexity index is 1240. The SMILES string of the molecule is CCP(=O)(CC)c1ccccc1Nc1nc(Nc2ccc(N3CCN(C)CC3)cc2OC)ncc1Cl. The highest BCUT2D eigenvalue weighted by Crippen LogP contribution is 2.46. The molecule has 3 aromatic rings. The summed E-state index contributed by atoms with van der Waals surface area (Å²) in [7, 11) is 1.29. The molecule has 1 aromatic heterocycles. The lowest BCUT2D eigenvalue weighted by molar-refractivity contribution is 0.312. The number of nitrogens with one attached hydrogen (secondary N) is 2. The summed E-state index contributed by atoms with van der Waals surface area (Å²) in [5.74, 6) is 1.52. The third-order valence-corrected chi connectivity index (χ3v) is 10.2. The van der Waals surface area contributed by atoms with E-state index in [1.807, 2.05) is 50.2 Å². The van der Waals surface area contributed by atoms with Crippen LogP contribution in [0.1, 0.15) is 13.8 Å². The summed E-state index contributed by atoms with van der Waals surface area (Å²) in [5, 5.41) is 7.72. The van der Waals surface area contributed by atoms with E-state index in [1.54, 1.807) is 13.3 Å². The monoisotopic (exact) mass is 528 g/mol. The second-order valence-corrected chi connectivity index (χ2v) is 12.8. The molecule has 1 fully saturated rings. The highest BCUT2D eigenvalue weighted by Gasteiger charge is 2.24. The van der Waals surface area contributed by atoms with E-state index in [0.29, 0.717) is 34.9 Å². The number of hydrogen-bond acceptors (Lipinski definition) is 8. The number of aromatic nitrogens is 2. The number of anilines is 5. The quantitative estimate of drug-likeness (QED) is 0.357. The van der Waals surface area contributed by atoms with Crippen LogP contribution in [0.4, 0.5) is 28.8 Å². The van der Waals surface area contributed by atoms with Gasteiger partial charge >= 0.3 is 0 Å². The minimum absolute atomic E-state index is 0.371. The van der Waals surface area contributed by atoms with Gasteiger partial charge in [0.15, 0.2) is 5.82 Å². The molecule has 8 nitrogen and oxygen atoms in total. The van der Waals surface area contributed by atoms with Crippen molar-refractivity contribution < 1.29 is 9.30 Å². The van der Waals surface area contributed by atoms with Gasteiger partial charge in [0.25, 0.3) is 0 Å². The lowest BCUT2D eigenvalue weighted by atomic mass is 10.2. The zero-order valence-electron chi connectivity index (χ0n) is 21.3. The van der Waals surface area contributed by atoms with Gasteiger partial charge in [0.2, 0.25) is 5.95 Å². The highest BCUT2D eigenvalue weighted by atomic mass is 35.5. The number of nitrogens with zero attached hydrogens (tertiary/aromatic N) is 4. The van der Waals surface area contributed by atoms with Crippen molar-refractivity contribution in [1.82, 2.24) is 14.9 Å². The molecule has 36 heavy (non-hydrogen) atoms. The Morgan fingerprint density at radius 2 is 1.75 bits per heavy atom. The second kappa shape index (κ2) is 11.5. The Labute approximate surface area is 218 Å². The van der Waals surface area contributed by atoms with Gasteiger partial charge in [0.1, 0.15) is 17.9 Å². The van der Waals surface area contributed by atoms with Crippen LogP contribution in [0, 0.1) is 0 Å². The molecule has 0 bridgehead atoms. The molecule has 0 aliphatic carbocycles. The predicted molar refractivity (Wildman–Crippen MR) is 151 cm³/mol. The molecule has 0 unspecified atom stereocenters. The molecule has 2 heterocycles. The van der Waals surface area contributed by atoms with Crippen molar-refractivity contribution in [3.05, 3.63) is 53.7 Å². The zero-order valence-corrected chi connectivity index (χ0v) is 22.9. The first-order chi connectivity index (χ1) is 17.4. The van der Waals surface area contributed by atoms with Crippen molar-refractivity contribution in [2.45, 2.75) is 13.8 Å². The molecule has 0 radical (unpaired) electrons. The predicted octanol–water partition coefficient (Wildman–Crippen LogP) is 5.41. The lowest BCUT2D eigenvalue weighted by Gasteiger charge is -2.34. The molecule has 10 heteroatoms. The van der Waals surface area contributed by atoms with Gasteiger partial charge in [-0.25, -0.2) is 4.98 Å². The summed E-state index contributed by atoms with van der Waals surface area (Å²) in [6.07, 6.45) is 2.74. The van der Waals surface area contributed by atoms with Crippen molar-refractivity contribution >= 4 is 52.9 Å². The van der Waals surface area contributed by atoms with Crippen LogP contribution < -0.4 is 25.6 Å². The number of benzene rings is 2. The molecule has 2 N–H and O–H groups in total. The third-order valence-electron chi connectivity index (χ3n) is 6.66. The summed E-state index contributed by atoms with van der Waals surface area (Å²) in [5.41, 5.74) is 2.62. The van der Waals surface area contributed by atoms with Crippen molar-refractivity contribution in [3.63, 3.8) is 0 Å². The summed E-state index contributed by atoms with van der Waals surface area (Å²) in [6.45, 7) is 7.95. The van der Waals surface area contributed by atoms with Gasteiger partial charge in [-0.3, -0.25) is 0 Å². The van der Waals surface area contributed by atoms with Crippen LogP contribution in [0.5, 0.6) is 5.75 Å². The number of rotatable bonds is 9. The second-order valence-electron chi connectivity index (χ2n) is 8.85. The van der Waals surface area contributed by atoms with E-state index < -0.39 is 7.14 Å². The average Bonchev–Trinajstić information content (AvgIpc) is 2.91. The largest absolute Gasteiger partial charge is 0.494 e. The van der Waals surface area contributed by atoms with E-state index >= 15 is 0 Å². The minimum atomic E-state index is -2.51. The summed E-state index contributed by atoms with van der Waals surface area (Å²) in [6, 6.07) is 13.7. The van der Waals surface area contributed by atoms with Crippen LogP contribution in [0.3, 0.4) is 0 Å². The maximum Gasteiger partial charge on any atom is 0.229 e. The molecule has 2 aromatic carbocycles.